The number of carbonyl (C=O) groups is 1. The molecule has 2 saturated carbocycles. The van der Waals surface area contributed by atoms with Crippen LogP contribution in [0.25, 0.3) is 11.3 Å². The third-order valence-electron chi connectivity index (χ3n) is 7.62. The van der Waals surface area contributed by atoms with E-state index in [4.69, 9.17) is 10.1 Å². The van der Waals surface area contributed by atoms with E-state index in [-0.39, 0.29) is 52.0 Å². The summed E-state index contributed by atoms with van der Waals surface area (Å²) in [6, 6.07) is 6.83. The van der Waals surface area contributed by atoms with Crippen LogP contribution in [-0.4, -0.2) is 46.5 Å². The first-order valence-electron chi connectivity index (χ1n) is 13.6. The van der Waals surface area contributed by atoms with E-state index in [1.165, 1.54) is 57.4 Å². The number of aliphatic hydroxyl groups is 2. The fraction of sp³-hybridized carbons (Fsp3) is 0.387. The van der Waals surface area contributed by atoms with Gasteiger partial charge in [-0.15, -0.1) is 0 Å². The molecule has 0 saturated heterocycles. The number of amides is 1. The molecule has 2 aromatic rings. The summed E-state index contributed by atoms with van der Waals surface area (Å²) >= 11 is 0. The minimum Gasteiger partial charge on any atom is -0.494 e. The van der Waals surface area contributed by atoms with Crippen molar-refractivity contribution in [2.45, 2.75) is 56.8 Å². The smallest absolute Gasteiger partial charge is 0.251 e. The van der Waals surface area contributed by atoms with Gasteiger partial charge in [-0.3, -0.25) is 10.2 Å². The van der Waals surface area contributed by atoms with E-state index in [0.717, 1.165) is 12.8 Å². The summed E-state index contributed by atoms with van der Waals surface area (Å²) in [7, 11) is 1.43. The quantitative estimate of drug-likeness (QED) is 0.296. The standard InChI is InChI=1S/C31H34F2N4O4/c1-30(2,39)23-14-25(37-28(26(23)33)17-4-8-21(32)9-5-17)31(40,20-6-7-20)16-36-29(38)18-12-19(15-35-22-10-11-22)27(34)24(13-18)41-3/h4-5,8-9,12-15,20,22,34-35,39-40H,6-7,10-11,16H2,1-3H3,(H,36,38)/b19-15-,34-27?/t31-/m1/s1. The van der Waals surface area contributed by atoms with Gasteiger partial charge in [0, 0.05) is 34.5 Å². The SMILES string of the molecule is COC1=CC(C(=O)NC[C@](O)(c2cc(C(C)(C)O)c(F)c(-c3ccc(F)cc3)n2)C2CC2)=C/C(=C/NC2CC2)C1=N. The maximum atomic E-state index is 15.6. The molecule has 0 spiro atoms. The lowest BCUT2D eigenvalue weighted by Crippen LogP contribution is -2.44. The van der Waals surface area contributed by atoms with Crippen LogP contribution in [0, 0.1) is 23.0 Å². The number of rotatable bonds is 10. The Morgan fingerprint density at radius 3 is 2.41 bits per heavy atom. The molecule has 2 fully saturated rings. The maximum Gasteiger partial charge on any atom is 0.251 e. The average molecular weight is 565 g/mol. The Balaban J connectivity index is 1.47. The zero-order valence-electron chi connectivity index (χ0n) is 23.2. The van der Waals surface area contributed by atoms with Crippen molar-refractivity contribution >= 4 is 11.6 Å². The van der Waals surface area contributed by atoms with Crippen molar-refractivity contribution < 1.29 is 28.5 Å². The molecule has 0 bridgehead atoms. The predicted octanol–water partition coefficient (Wildman–Crippen LogP) is 4.09. The van der Waals surface area contributed by atoms with Crippen LogP contribution < -0.4 is 10.6 Å². The lowest BCUT2D eigenvalue weighted by atomic mass is 9.87. The third-order valence-corrected chi connectivity index (χ3v) is 7.62. The van der Waals surface area contributed by atoms with E-state index in [0.29, 0.717) is 24.5 Å². The summed E-state index contributed by atoms with van der Waals surface area (Å²) in [6.07, 6.45) is 8.20. The molecule has 5 rings (SSSR count). The second-order valence-electron chi connectivity index (χ2n) is 11.4. The van der Waals surface area contributed by atoms with E-state index >= 15 is 4.39 Å². The van der Waals surface area contributed by atoms with Crippen molar-refractivity contribution in [3.8, 4) is 11.3 Å². The van der Waals surface area contributed by atoms with Crippen molar-refractivity contribution in [2.75, 3.05) is 13.7 Å². The topological polar surface area (TPSA) is 128 Å². The number of allylic oxidation sites excluding steroid dienone is 2. The molecule has 0 radical (unpaired) electrons. The second kappa shape index (κ2) is 10.8. The first-order chi connectivity index (χ1) is 19.4. The minimum absolute atomic E-state index is 0.0775. The molecule has 3 aliphatic rings. The summed E-state index contributed by atoms with van der Waals surface area (Å²) in [5.74, 6) is -1.79. The largest absolute Gasteiger partial charge is 0.494 e. The fourth-order valence-corrected chi connectivity index (χ4v) is 4.82. The number of ether oxygens (including phenoxy) is 1. The van der Waals surface area contributed by atoms with Gasteiger partial charge in [0.25, 0.3) is 5.91 Å². The number of carbonyl (C=O) groups excluding carboxylic acids is 1. The zero-order valence-corrected chi connectivity index (χ0v) is 23.2. The van der Waals surface area contributed by atoms with Crippen LogP contribution in [0.5, 0.6) is 0 Å². The van der Waals surface area contributed by atoms with Crippen LogP contribution in [0.15, 0.2) is 65.6 Å². The second-order valence-corrected chi connectivity index (χ2v) is 11.4. The molecule has 10 heteroatoms. The summed E-state index contributed by atoms with van der Waals surface area (Å²) in [5, 5.41) is 37.1. The Morgan fingerprint density at radius 1 is 1.15 bits per heavy atom. The number of aromatic nitrogens is 1. The molecule has 1 aromatic heterocycles. The zero-order chi connectivity index (χ0) is 29.5. The molecule has 0 unspecified atom stereocenters. The van der Waals surface area contributed by atoms with E-state index in [1.54, 1.807) is 12.3 Å². The minimum atomic E-state index is -1.67. The highest BCUT2D eigenvalue weighted by Crippen LogP contribution is 2.46. The highest BCUT2D eigenvalue weighted by atomic mass is 19.1. The summed E-state index contributed by atoms with van der Waals surface area (Å²) < 4.78 is 34.5. The Kier molecular flexibility index (Phi) is 7.56. The van der Waals surface area contributed by atoms with Crippen LogP contribution in [-0.2, 0) is 20.7 Å². The Morgan fingerprint density at radius 2 is 1.83 bits per heavy atom. The highest BCUT2D eigenvalue weighted by molar-refractivity contribution is 6.15. The number of hydrogen-bond acceptors (Lipinski definition) is 7. The summed E-state index contributed by atoms with van der Waals surface area (Å²) in [4.78, 5) is 17.8. The Bertz CT molecular complexity index is 1470. The van der Waals surface area contributed by atoms with Crippen molar-refractivity contribution in [1.29, 1.82) is 5.41 Å². The maximum absolute atomic E-state index is 15.6. The molecule has 1 aromatic carbocycles. The van der Waals surface area contributed by atoms with Crippen molar-refractivity contribution in [2.24, 2.45) is 5.92 Å². The number of hydrogen-bond donors (Lipinski definition) is 5. The number of benzene rings is 1. The molecule has 0 aliphatic heterocycles. The van der Waals surface area contributed by atoms with Crippen molar-refractivity contribution in [1.82, 2.24) is 15.6 Å². The molecule has 1 heterocycles. The van der Waals surface area contributed by atoms with Gasteiger partial charge >= 0.3 is 0 Å². The first kappa shape index (κ1) is 28.6. The van der Waals surface area contributed by atoms with Gasteiger partial charge in [-0.05, 0) is 87.9 Å². The van der Waals surface area contributed by atoms with Gasteiger partial charge in [0.1, 0.15) is 28.6 Å². The van der Waals surface area contributed by atoms with Crippen LogP contribution in [0.4, 0.5) is 8.78 Å². The molecule has 41 heavy (non-hydrogen) atoms. The Hall–Kier alpha value is -3.89. The van der Waals surface area contributed by atoms with Crippen molar-refractivity contribution in [3.05, 3.63) is 88.5 Å². The summed E-state index contributed by atoms with van der Waals surface area (Å²) in [6.45, 7) is 2.63. The molecular weight excluding hydrogens is 530 g/mol. The normalized spacial score (nSPS) is 19.8. The van der Waals surface area contributed by atoms with E-state index < -0.39 is 28.7 Å². The highest BCUT2D eigenvalue weighted by Gasteiger charge is 2.47. The molecular formula is C31H34F2N4O4. The number of methoxy groups -OCH3 is 1. The lowest BCUT2D eigenvalue weighted by Gasteiger charge is -2.31. The molecule has 216 valence electrons. The molecule has 1 amide bonds. The molecule has 3 aliphatic carbocycles. The van der Waals surface area contributed by atoms with Gasteiger partial charge in [0.2, 0.25) is 0 Å². The molecule has 8 nitrogen and oxygen atoms in total. The predicted molar refractivity (Wildman–Crippen MR) is 150 cm³/mol. The van der Waals surface area contributed by atoms with E-state index in [2.05, 4.69) is 15.6 Å². The van der Waals surface area contributed by atoms with E-state index in [1.807, 2.05) is 0 Å². The first-order valence-corrected chi connectivity index (χ1v) is 13.6. The van der Waals surface area contributed by atoms with Gasteiger partial charge in [-0.25, -0.2) is 13.8 Å². The monoisotopic (exact) mass is 564 g/mol. The third kappa shape index (κ3) is 6.08. The van der Waals surface area contributed by atoms with Crippen LogP contribution in [0.2, 0.25) is 0 Å². The number of pyridine rings is 1. The number of halogens is 2. The average Bonchev–Trinajstić information content (AvgIpc) is 3.85. The van der Waals surface area contributed by atoms with Crippen LogP contribution >= 0.6 is 0 Å². The van der Waals surface area contributed by atoms with Crippen LogP contribution in [0.1, 0.15) is 50.8 Å². The Labute approximate surface area is 237 Å². The van der Waals surface area contributed by atoms with Gasteiger partial charge in [0.05, 0.1) is 24.9 Å². The van der Waals surface area contributed by atoms with Crippen LogP contribution in [0.3, 0.4) is 0 Å². The number of nitrogens with one attached hydrogen (secondary N) is 3. The number of nitrogens with zero attached hydrogens (tertiary/aromatic N) is 1. The van der Waals surface area contributed by atoms with Gasteiger partial charge in [0.15, 0.2) is 5.82 Å². The fourth-order valence-electron chi connectivity index (χ4n) is 4.82. The molecule has 5 N–H and O–H groups in total. The van der Waals surface area contributed by atoms with E-state index in [9.17, 15) is 19.4 Å². The lowest BCUT2D eigenvalue weighted by molar-refractivity contribution is -0.118. The van der Waals surface area contributed by atoms with Gasteiger partial charge in [-0.2, -0.15) is 0 Å². The molecule has 1 atom stereocenters. The van der Waals surface area contributed by atoms with Gasteiger partial charge < -0.3 is 25.6 Å². The van der Waals surface area contributed by atoms with Crippen molar-refractivity contribution in [3.63, 3.8) is 0 Å². The summed E-state index contributed by atoms with van der Waals surface area (Å²) in [5.41, 5.74) is -2.22. The van der Waals surface area contributed by atoms with Gasteiger partial charge in [-0.1, -0.05) is 0 Å².